The molecule has 180 valence electrons. The first-order chi connectivity index (χ1) is 14.3. The van der Waals surface area contributed by atoms with Crippen LogP contribution in [0.1, 0.15) is 133 Å². The molecule has 0 radical (unpaired) electrons. The molecule has 0 aromatic carbocycles. The summed E-state index contributed by atoms with van der Waals surface area (Å²) in [6.45, 7) is 22.2. The topological polar surface area (TPSA) is 12.0 Å². The van der Waals surface area contributed by atoms with E-state index in [0.717, 1.165) is 41.4 Å². The highest BCUT2D eigenvalue weighted by Gasteiger charge is 2.40. The Morgan fingerprint density at radius 2 is 1.30 bits per heavy atom. The standard InChI is InChI=1S/C29H59N/c1-10-13-14-15-16-18-28-25(8)30-26(9)29(24(7)27(28)17-11-2)20-23(6)22(5)19-21(4)12-3/h21-30H,10-20H2,1-9H3. The molecule has 9 atom stereocenters. The van der Waals surface area contributed by atoms with Crippen molar-refractivity contribution in [1.29, 1.82) is 0 Å². The van der Waals surface area contributed by atoms with Crippen molar-refractivity contribution < 1.29 is 0 Å². The lowest BCUT2D eigenvalue weighted by atomic mass is 9.68. The molecule has 1 fully saturated rings. The number of hydrogen-bond donors (Lipinski definition) is 1. The molecule has 0 aromatic heterocycles. The van der Waals surface area contributed by atoms with Gasteiger partial charge in [-0.15, -0.1) is 0 Å². The lowest BCUT2D eigenvalue weighted by Crippen LogP contribution is -2.41. The van der Waals surface area contributed by atoms with Gasteiger partial charge >= 0.3 is 0 Å². The Morgan fingerprint density at radius 3 is 1.90 bits per heavy atom. The Kier molecular flexibility index (Phi) is 13.9. The molecule has 0 saturated carbocycles. The lowest BCUT2D eigenvalue weighted by molar-refractivity contribution is 0.133. The van der Waals surface area contributed by atoms with E-state index in [1.807, 2.05) is 0 Å². The second-order valence-electron chi connectivity index (χ2n) is 11.5. The van der Waals surface area contributed by atoms with E-state index >= 15 is 0 Å². The molecular weight excluding hydrogens is 362 g/mol. The van der Waals surface area contributed by atoms with Crippen LogP contribution in [0.3, 0.4) is 0 Å². The minimum atomic E-state index is 0.651. The first-order valence-electron chi connectivity index (χ1n) is 14.0. The number of rotatable bonds is 14. The highest BCUT2D eigenvalue weighted by Crippen LogP contribution is 2.43. The molecule has 1 heterocycles. The summed E-state index contributed by atoms with van der Waals surface area (Å²) in [5.74, 6) is 5.98. The molecular formula is C29H59N. The molecule has 1 rings (SSSR count). The molecule has 1 aliphatic heterocycles. The fourth-order valence-corrected chi connectivity index (χ4v) is 6.57. The van der Waals surface area contributed by atoms with Crippen LogP contribution >= 0.6 is 0 Å². The second kappa shape index (κ2) is 14.9. The Hall–Kier alpha value is -0.0400. The summed E-state index contributed by atoms with van der Waals surface area (Å²) >= 11 is 0. The fraction of sp³-hybridized carbons (Fsp3) is 1.00. The average Bonchev–Trinajstić information content (AvgIpc) is 2.79. The molecule has 0 aromatic rings. The largest absolute Gasteiger partial charge is 0.311 e. The molecule has 0 bridgehead atoms. The summed E-state index contributed by atoms with van der Waals surface area (Å²) in [4.78, 5) is 0. The van der Waals surface area contributed by atoms with Crippen LogP contribution in [-0.4, -0.2) is 12.1 Å². The van der Waals surface area contributed by atoms with Gasteiger partial charge in [0.1, 0.15) is 0 Å². The normalized spacial score (nSPS) is 33.1. The van der Waals surface area contributed by atoms with Gasteiger partial charge in [0.25, 0.3) is 0 Å². The van der Waals surface area contributed by atoms with Gasteiger partial charge in [-0.3, -0.25) is 0 Å². The van der Waals surface area contributed by atoms with E-state index in [-0.39, 0.29) is 0 Å². The van der Waals surface area contributed by atoms with Crippen molar-refractivity contribution in [2.45, 2.75) is 145 Å². The maximum Gasteiger partial charge on any atom is 0.00723 e. The van der Waals surface area contributed by atoms with Crippen LogP contribution in [0.2, 0.25) is 0 Å². The molecule has 0 aliphatic carbocycles. The minimum absolute atomic E-state index is 0.651. The second-order valence-corrected chi connectivity index (χ2v) is 11.5. The van der Waals surface area contributed by atoms with Crippen molar-refractivity contribution in [1.82, 2.24) is 5.32 Å². The van der Waals surface area contributed by atoms with Crippen LogP contribution in [-0.2, 0) is 0 Å². The van der Waals surface area contributed by atoms with E-state index in [2.05, 4.69) is 67.6 Å². The monoisotopic (exact) mass is 421 g/mol. The zero-order chi connectivity index (χ0) is 22.7. The average molecular weight is 422 g/mol. The Balaban J connectivity index is 2.85. The van der Waals surface area contributed by atoms with Crippen molar-refractivity contribution in [3.05, 3.63) is 0 Å². The number of nitrogens with one attached hydrogen (secondary N) is 1. The first kappa shape index (κ1) is 28.0. The quantitative estimate of drug-likeness (QED) is 0.276. The zero-order valence-corrected chi connectivity index (χ0v) is 22.5. The Labute approximate surface area is 192 Å². The van der Waals surface area contributed by atoms with Crippen LogP contribution in [0, 0.1) is 41.4 Å². The van der Waals surface area contributed by atoms with Gasteiger partial charge in [0.05, 0.1) is 0 Å². The molecule has 1 N–H and O–H groups in total. The van der Waals surface area contributed by atoms with Gasteiger partial charge in [-0.2, -0.15) is 0 Å². The van der Waals surface area contributed by atoms with Gasteiger partial charge < -0.3 is 5.32 Å². The van der Waals surface area contributed by atoms with Crippen LogP contribution < -0.4 is 5.32 Å². The van der Waals surface area contributed by atoms with Gasteiger partial charge in [-0.05, 0) is 74.5 Å². The van der Waals surface area contributed by atoms with Gasteiger partial charge in [0.2, 0.25) is 0 Å². The van der Waals surface area contributed by atoms with E-state index in [4.69, 9.17) is 0 Å². The Bertz CT molecular complexity index is 419. The van der Waals surface area contributed by atoms with Gasteiger partial charge in [-0.1, -0.05) is 99.8 Å². The van der Waals surface area contributed by atoms with E-state index < -0.39 is 0 Å². The van der Waals surface area contributed by atoms with Crippen molar-refractivity contribution in [2.24, 2.45) is 41.4 Å². The summed E-state index contributed by atoms with van der Waals surface area (Å²) < 4.78 is 0. The number of hydrogen-bond acceptors (Lipinski definition) is 1. The molecule has 9 unspecified atom stereocenters. The fourth-order valence-electron chi connectivity index (χ4n) is 6.57. The molecule has 1 nitrogen and oxygen atoms in total. The van der Waals surface area contributed by atoms with Crippen molar-refractivity contribution in [2.75, 3.05) is 0 Å². The van der Waals surface area contributed by atoms with Crippen LogP contribution in [0.4, 0.5) is 0 Å². The van der Waals surface area contributed by atoms with Gasteiger partial charge in [0, 0.05) is 12.1 Å². The highest BCUT2D eigenvalue weighted by molar-refractivity contribution is 4.94. The third kappa shape index (κ3) is 8.84. The zero-order valence-electron chi connectivity index (χ0n) is 22.5. The smallest absolute Gasteiger partial charge is 0.00723 e. The lowest BCUT2D eigenvalue weighted by Gasteiger charge is -2.37. The predicted octanol–water partition coefficient (Wildman–Crippen LogP) is 9.11. The summed E-state index contributed by atoms with van der Waals surface area (Å²) in [5, 5.41) is 4.11. The summed E-state index contributed by atoms with van der Waals surface area (Å²) in [5.41, 5.74) is 0. The van der Waals surface area contributed by atoms with Gasteiger partial charge in [0.15, 0.2) is 0 Å². The summed E-state index contributed by atoms with van der Waals surface area (Å²) in [6, 6.07) is 1.32. The van der Waals surface area contributed by atoms with Gasteiger partial charge in [-0.25, -0.2) is 0 Å². The first-order valence-corrected chi connectivity index (χ1v) is 14.0. The minimum Gasteiger partial charge on any atom is -0.311 e. The van der Waals surface area contributed by atoms with E-state index in [1.54, 1.807) is 0 Å². The maximum atomic E-state index is 4.11. The van der Waals surface area contributed by atoms with Crippen LogP contribution in [0.5, 0.6) is 0 Å². The Morgan fingerprint density at radius 1 is 0.667 bits per heavy atom. The molecule has 1 heteroatoms. The van der Waals surface area contributed by atoms with E-state index in [0.29, 0.717) is 12.1 Å². The van der Waals surface area contributed by atoms with E-state index in [1.165, 1.54) is 70.6 Å². The van der Waals surface area contributed by atoms with E-state index in [9.17, 15) is 0 Å². The molecule has 1 aliphatic rings. The van der Waals surface area contributed by atoms with Crippen LogP contribution in [0.15, 0.2) is 0 Å². The van der Waals surface area contributed by atoms with Crippen LogP contribution in [0.25, 0.3) is 0 Å². The molecule has 0 amide bonds. The SMILES string of the molecule is CCCCCCCC1C(C)NC(C)C(CC(C)C(C)CC(C)CC)C(C)C1CCC. The number of unbranched alkanes of at least 4 members (excludes halogenated alkanes) is 4. The van der Waals surface area contributed by atoms with Crippen molar-refractivity contribution >= 4 is 0 Å². The molecule has 30 heavy (non-hydrogen) atoms. The third-order valence-electron chi connectivity index (χ3n) is 9.06. The van der Waals surface area contributed by atoms with Crippen molar-refractivity contribution in [3.63, 3.8) is 0 Å². The summed E-state index contributed by atoms with van der Waals surface area (Å²) in [7, 11) is 0. The highest BCUT2D eigenvalue weighted by atomic mass is 15.0. The maximum absolute atomic E-state index is 4.11. The predicted molar refractivity (Wildman–Crippen MR) is 137 cm³/mol. The molecule has 0 spiro atoms. The van der Waals surface area contributed by atoms with Crippen molar-refractivity contribution in [3.8, 4) is 0 Å². The summed E-state index contributed by atoms with van der Waals surface area (Å²) in [6.07, 6.45) is 15.4. The molecule has 1 saturated heterocycles. The third-order valence-corrected chi connectivity index (χ3v) is 9.06.